The first kappa shape index (κ1) is 26.0. The molecule has 8 heteroatoms. The summed E-state index contributed by atoms with van der Waals surface area (Å²) < 4.78 is 47.0. The number of aryl methyl sites for hydroxylation is 1. The minimum absolute atomic E-state index is 0.0777. The molecule has 0 aromatic heterocycles. The fourth-order valence-electron chi connectivity index (χ4n) is 4.67. The van der Waals surface area contributed by atoms with Crippen LogP contribution < -0.4 is 4.72 Å². The second-order valence-corrected chi connectivity index (χ2v) is 10.9. The van der Waals surface area contributed by atoms with Crippen molar-refractivity contribution < 1.29 is 22.3 Å². The summed E-state index contributed by atoms with van der Waals surface area (Å²) in [5.41, 5.74) is 3.76. The van der Waals surface area contributed by atoms with Gasteiger partial charge in [-0.3, -0.25) is 9.69 Å². The lowest BCUT2D eigenvalue weighted by atomic mass is 9.89. The van der Waals surface area contributed by atoms with Crippen LogP contribution in [0.4, 0.5) is 4.39 Å². The largest absolute Gasteiger partial charge is 0.468 e. The van der Waals surface area contributed by atoms with Gasteiger partial charge in [0, 0.05) is 6.54 Å². The van der Waals surface area contributed by atoms with E-state index in [2.05, 4.69) is 46.0 Å². The van der Waals surface area contributed by atoms with Crippen molar-refractivity contribution in [3.63, 3.8) is 0 Å². The molecule has 1 aliphatic rings. The van der Waals surface area contributed by atoms with Crippen molar-refractivity contribution in [3.05, 3.63) is 89.7 Å². The van der Waals surface area contributed by atoms with Crippen molar-refractivity contribution in [1.29, 1.82) is 0 Å². The fraction of sp³-hybridized carbons (Fsp3) is 0.321. The van der Waals surface area contributed by atoms with E-state index in [1.165, 1.54) is 42.9 Å². The number of likely N-dealkylation sites (tertiary alicyclic amines) is 1. The highest BCUT2D eigenvalue weighted by atomic mass is 32.2. The Hall–Kier alpha value is -3.07. The molecule has 0 amide bonds. The van der Waals surface area contributed by atoms with E-state index in [0.717, 1.165) is 25.7 Å². The Morgan fingerprint density at radius 1 is 1.03 bits per heavy atom. The van der Waals surface area contributed by atoms with Crippen LogP contribution in [0.25, 0.3) is 11.1 Å². The molecule has 1 atom stereocenters. The number of ether oxygens (including phenoxy) is 1. The molecule has 0 radical (unpaired) electrons. The van der Waals surface area contributed by atoms with Crippen molar-refractivity contribution in [2.45, 2.75) is 37.2 Å². The number of methoxy groups -OCH3 is 1. The quantitative estimate of drug-likeness (QED) is 0.451. The fourth-order valence-corrected chi connectivity index (χ4v) is 6.00. The molecular weight excluding hydrogens is 479 g/mol. The molecule has 0 saturated carbocycles. The lowest BCUT2D eigenvalue weighted by Gasteiger charge is -2.35. The van der Waals surface area contributed by atoms with Crippen molar-refractivity contribution in [3.8, 4) is 11.1 Å². The number of hydrogen-bond acceptors (Lipinski definition) is 5. The van der Waals surface area contributed by atoms with E-state index >= 15 is 0 Å². The van der Waals surface area contributed by atoms with E-state index in [9.17, 15) is 17.6 Å². The highest BCUT2D eigenvalue weighted by Crippen LogP contribution is 2.26. The minimum atomic E-state index is -4.03. The third kappa shape index (κ3) is 6.19. The van der Waals surface area contributed by atoms with Gasteiger partial charge in [0.2, 0.25) is 10.0 Å². The third-order valence-electron chi connectivity index (χ3n) is 6.72. The zero-order chi connectivity index (χ0) is 25.7. The summed E-state index contributed by atoms with van der Waals surface area (Å²) in [5.74, 6) is -1.31. The Kier molecular flexibility index (Phi) is 8.18. The molecule has 3 aromatic carbocycles. The molecule has 3 aromatic rings. The van der Waals surface area contributed by atoms with Crippen LogP contribution in [0.5, 0.6) is 0 Å². The summed E-state index contributed by atoms with van der Waals surface area (Å²) in [6.07, 6.45) is 1.28. The molecule has 0 bridgehead atoms. The number of carbonyl (C=O) groups is 1. The second-order valence-electron chi connectivity index (χ2n) is 9.21. The van der Waals surface area contributed by atoms with E-state index < -0.39 is 27.9 Å². The Labute approximate surface area is 212 Å². The summed E-state index contributed by atoms with van der Waals surface area (Å²) >= 11 is 0. The summed E-state index contributed by atoms with van der Waals surface area (Å²) in [6.45, 7) is 3.73. The van der Waals surface area contributed by atoms with Gasteiger partial charge >= 0.3 is 5.97 Å². The lowest BCUT2D eigenvalue weighted by Crippen LogP contribution is -2.49. The first-order valence-electron chi connectivity index (χ1n) is 12.0. The monoisotopic (exact) mass is 510 g/mol. The smallest absolute Gasteiger partial charge is 0.324 e. The minimum Gasteiger partial charge on any atom is -0.468 e. The summed E-state index contributed by atoms with van der Waals surface area (Å²) in [6, 6.07) is 21.3. The van der Waals surface area contributed by atoms with Gasteiger partial charge in [-0.05, 0) is 85.3 Å². The van der Waals surface area contributed by atoms with Gasteiger partial charge in [0.1, 0.15) is 11.9 Å². The number of rotatable bonds is 8. The number of nitrogens with zero attached hydrogens (tertiary/aromatic N) is 1. The van der Waals surface area contributed by atoms with Gasteiger partial charge in [0.05, 0.1) is 12.0 Å². The summed E-state index contributed by atoms with van der Waals surface area (Å²) in [5, 5.41) is 0. The third-order valence-corrected chi connectivity index (χ3v) is 8.16. The van der Waals surface area contributed by atoms with Crippen LogP contribution in [-0.4, -0.2) is 45.5 Å². The molecule has 1 saturated heterocycles. The predicted octanol–water partition coefficient (Wildman–Crippen LogP) is 4.53. The average molecular weight is 511 g/mol. The molecule has 4 rings (SSSR count). The number of hydrogen-bond donors (Lipinski definition) is 1. The molecule has 1 N–H and O–H groups in total. The first-order chi connectivity index (χ1) is 17.3. The van der Waals surface area contributed by atoms with E-state index in [0.29, 0.717) is 12.8 Å². The number of benzene rings is 3. The van der Waals surface area contributed by atoms with E-state index in [1.54, 1.807) is 0 Å². The van der Waals surface area contributed by atoms with Crippen LogP contribution in [0.15, 0.2) is 77.7 Å². The molecular formula is C28H31FN2O4S. The Morgan fingerprint density at radius 2 is 1.72 bits per heavy atom. The number of halogens is 1. The number of nitrogens with one attached hydrogen (secondary N) is 1. The van der Waals surface area contributed by atoms with Gasteiger partial charge in [0.25, 0.3) is 0 Å². The van der Waals surface area contributed by atoms with Crippen molar-refractivity contribution in [2.24, 2.45) is 5.92 Å². The SMILES string of the molecule is COC(=O)C(NS(=O)(=O)c1ccc(F)c(C)c1)C1CCN(Cc2cccc(-c3ccccc3)c2)CC1. The summed E-state index contributed by atoms with van der Waals surface area (Å²) in [7, 11) is -2.78. The average Bonchev–Trinajstić information content (AvgIpc) is 2.89. The molecule has 1 aliphatic heterocycles. The van der Waals surface area contributed by atoms with Gasteiger partial charge in [-0.1, -0.05) is 48.5 Å². The lowest BCUT2D eigenvalue weighted by molar-refractivity contribution is -0.144. The van der Waals surface area contributed by atoms with Gasteiger partial charge in [-0.25, -0.2) is 12.8 Å². The topological polar surface area (TPSA) is 75.7 Å². The molecule has 1 fully saturated rings. The summed E-state index contributed by atoms with van der Waals surface area (Å²) in [4.78, 5) is 14.8. The van der Waals surface area contributed by atoms with Gasteiger partial charge in [-0.2, -0.15) is 4.72 Å². The molecule has 0 spiro atoms. The Morgan fingerprint density at radius 3 is 2.39 bits per heavy atom. The number of piperidine rings is 1. The molecule has 36 heavy (non-hydrogen) atoms. The number of sulfonamides is 1. The Balaban J connectivity index is 1.41. The molecule has 1 unspecified atom stereocenters. The van der Waals surface area contributed by atoms with Crippen LogP contribution in [-0.2, 0) is 26.1 Å². The van der Waals surface area contributed by atoms with Crippen molar-refractivity contribution in [2.75, 3.05) is 20.2 Å². The van der Waals surface area contributed by atoms with Crippen molar-refractivity contribution >= 4 is 16.0 Å². The standard InChI is InChI=1S/C28H31FN2O4S/c1-20-17-25(11-12-26(20)29)36(33,34)30-27(28(32)35-2)23-13-15-31(16-14-23)19-21-7-6-10-24(18-21)22-8-4-3-5-9-22/h3-12,17-18,23,27,30H,13-16,19H2,1-2H3. The van der Waals surface area contributed by atoms with Crippen LogP contribution in [0, 0.1) is 18.7 Å². The van der Waals surface area contributed by atoms with Gasteiger partial charge in [-0.15, -0.1) is 0 Å². The second kappa shape index (κ2) is 11.3. The first-order valence-corrected chi connectivity index (χ1v) is 13.5. The van der Waals surface area contributed by atoms with E-state index in [4.69, 9.17) is 4.74 Å². The van der Waals surface area contributed by atoms with Crippen LogP contribution >= 0.6 is 0 Å². The van der Waals surface area contributed by atoms with Crippen LogP contribution in [0.1, 0.15) is 24.0 Å². The van der Waals surface area contributed by atoms with E-state index in [1.807, 2.05) is 18.2 Å². The molecule has 190 valence electrons. The molecule has 1 heterocycles. The highest BCUT2D eigenvalue weighted by Gasteiger charge is 2.35. The Bertz CT molecular complexity index is 1310. The maximum Gasteiger partial charge on any atom is 0.324 e. The normalized spacial score (nSPS) is 16.0. The maximum absolute atomic E-state index is 13.6. The molecule has 6 nitrogen and oxygen atoms in total. The number of carbonyl (C=O) groups excluding carboxylic acids is 1. The molecule has 0 aliphatic carbocycles. The van der Waals surface area contributed by atoms with Crippen LogP contribution in [0.2, 0.25) is 0 Å². The maximum atomic E-state index is 13.6. The van der Waals surface area contributed by atoms with E-state index in [-0.39, 0.29) is 16.4 Å². The predicted molar refractivity (Wildman–Crippen MR) is 137 cm³/mol. The van der Waals surface area contributed by atoms with Gasteiger partial charge < -0.3 is 4.74 Å². The van der Waals surface area contributed by atoms with Crippen LogP contribution in [0.3, 0.4) is 0 Å². The zero-order valence-electron chi connectivity index (χ0n) is 20.5. The number of esters is 1. The highest BCUT2D eigenvalue weighted by molar-refractivity contribution is 7.89. The zero-order valence-corrected chi connectivity index (χ0v) is 21.3. The van der Waals surface area contributed by atoms with Gasteiger partial charge in [0.15, 0.2) is 0 Å². The van der Waals surface area contributed by atoms with Crippen molar-refractivity contribution in [1.82, 2.24) is 9.62 Å².